The van der Waals surface area contributed by atoms with E-state index in [1.54, 1.807) is 42.5 Å². The van der Waals surface area contributed by atoms with Gasteiger partial charge in [0, 0.05) is 11.1 Å². The zero-order valence-electron chi connectivity index (χ0n) is 17.5. The number of amidine groups is 1. The Morgan fingerprint density at radius 1 is 0.794 bits per heavy atom. The number of rotatable bonds is 3. The molecule has 10 heteroatoms. The summed E-state index contributed by atoms with van der Waals surface area (Å²) in [4.78, 5) is 13.2. The van der Waals surface area contributed by atoms with E-state index in [1.807, 2.05) is 12.1 Å². The quantitative estimate of drug-likeness (QED) is 0.440. The molecule has 170 valence electrons. The third kappa shape index (κ3) is 3.72. The maximum absolute atomic E-state index is 13.7. The highest BCUT2D eigenvalue weighted by Gasteiger charge is 2.36. The Kier molecular flexibility index (Phi) is 5.18. The van der Waals surface area contributed by atoms with E-state index in [2.05, 4.69) is 9.82 Å². The van der Waals surface area contributed by atoms with E-state index < -0.39 is 26.0 Å². The van der Waals surface area contributed by atoms with Crippen LogP contribution in [0.4, 0.5) is 0 Å². The summed E-state index contributed by atoms with van der Waals surface area (Å²) in [5, 5.41) is 1.50. The summed E-state index contributed by atoms with van der Waals surface area (Å²) in [6, 6.07) is 25.5. The molecule has 0 fully saturated rings. The fraction of sp³-hybridized carbons (Fsp3) is 0. The van der Waals surface area contributed by atoms with E-state index >= 15 is 0 Å². The molecule has 0 aliphatic carbocycles. The summed E-state index contributed by atoms with van der Waals surface area (Å²) in [5.41, 5.74) is 2.74. The van der Waals surface area contributed by atoms with Gasteiger partial charge in [-0.1, -0.05) is 60.7 Å². The minimum atomic E-state index is -4.47. The molecule has 0 radical (unpaired) electrons. The molecule has 1 amide bonds. The second kappa shape index (κ2) is 8.08. The first-order valence-electron chi connectivity index (χ1n) is 10.1. The average molecular weight is 492 g/mol. The van der Waals surface area contributed by atoms with Gasteiger partial charge in [0.1, 0.15) is 4.90 Å². The van der Waals surface area contributed by atoms with Gasteiger partial charge < -0.3 is 0 Å². The van der Waals surface area contributed by atoms with Crippen molar-refractivity contribution in [2.75, 3.05) is 0 Å². The number of hydrogen-bond acceptors (Lipinski definition) is 6. The average Bonchev–Trinajstić information content (AvgIpc) is 3.12. The van der Waals surface area contributed by atoms with Crippen LogP contribution in [0, 0.1) is 0 Å². The summed E-state index contributed by atoms with van der Waals surface area (Å²) in [7, 11) is -8.51. The lowest BCUT2D eigenvalue weighted by Gasteiger charge is -2.24. The van der Waals surface area contributed by atoms with Crippen molar-refractivity contribution in [3.63, 3.8) is 0 Å². The highest BCUT2D eigenvalue weighted by molar-refractivity contribution is 7.91. The van der Waals surface area contributed by atoms with Crippen molar-refractivity contribution in [2.24, 2.45) is 4.40 Å². The SMILES string of the molecule is O=C(c1ccccc1)N(NC1=NS(=O)(=O)c2ccccc21)S(=O)(=O)c1ccc2ccccc2c1. The van der Waals surface area contributed by atoms with Crippen LogP contribution in [-0.2, 0) is 20.0 Å². The van der Waals surface area contributed by atoms with E-state index in [9.17, 15) is 21.6 Å². The van der Waals surface area contributed by atoms with Gasteiger partial charge in [0.15, 0.2) is 5.84 Å². The molecule has 5 rings (SSSR count). The maximum atomic E-state index is 13.7. The smallest absolute Gasteiger partial charge is 0.266 e. The van der Waals surface area contributed by atoms with Crippen molar-refractivity contribution in [1.82, 2.24) is 9.84 Å². The van der Waals surface area contributed by atoms with Crippen molar-refractivity contribution in [1.29, 1.82) is 0 Å². The Hall–Kier alpha value is -4.02. The number of hydrogen-bond donors (Lipinski definition) is 1. The number of nitrogens with one attached hydrogen (secondary N) is 1. The molecule has 8 nitrogen and oxygen atoms in total. The summed E-state index contributed by atoms with van der Waals surface area (Å²) in [6.07, 6.45) is 0. The third-order valence-electron chi connectivity index (χ3n) is 5.30. The standard InChI is InChI=1S/C24H17N3O5S2/c28-24(18-9-2-1-3-10-18)27(25-23-21-12-6-7-13-22(21)33(29,30)26-23)34(31,32)20-15-14-17-8-4-5-11-19(17)16-20/h1-16H,(H,25,26). The number of amides is 1. The number of benzene rings is 4. The molecule has 1 aliphatic heterocycles. The van der Waals surface area contributed by atoms with Gasteiger partial charge in [-0.25, -0.2) is 0 Å². The molecular weight excluding hydrogens is 474 g/mol. The molecule has 1 N–H and O–H groups in total. The fourth-order valence-electron chi connectivity index (χ4n) is 3.63. The molecule has 0 saturated carbocycles. The van der Waals surface area contributed by atoms with E-state index in [1.165, 1.54) is 42.5 Å². The van der Waals surface area contributed by atoms with Crippen LogP contribution in [0.1, 0.15) is 15.9 Å². The lowest BCUT2D eigenvalue weighted by Crippen LogP contribution is -2.49. The van der Waals surface area contributed by atoms with E-state index in [-0.39, 0.29) is 26.8 Å². The largest absolute Gasteiger partial charge is 0.286 e. The third-order valence-corrected chi connectivity index (χ3v) is 8.23. The monoisotopic (exact) mass is 491 g/mol. The van der Waals surface area contributed by atoms with Gasteiger partial charge in [0.05, 0.1) is 4.90 Å². The summed E-state index contributed by atoms with van der Waals surface area (Å²) in [6.45, 7) is 0. The molecule has 0 atom stereocenters. The summed E-state index contributed by atoms with van der Waals surface area (Å²) in [5.74, 6) is -1.15. The van der Waals surface area contributed by atoms with Gasteiger partial charge in [-0.15, -0.1) is 8.81 Å². The maximum Gasteiger partial charge on any atom is 0.286 e. The van der Waals surface area contributed by atoms with Crippen molar-refractivity contribution in [3.8, 4) is 0 Å². The topological polar surface area (TPSA) is 113 Å². The van der Waals surface area contributed by atoms with Gasteiger partial charge in [0.2, 0.25) is 0 Å². The first-order valence-corrected chi connectivity index (χ1v) is 13.0. The van der Waals surface area contributed by atoms with Crippen LogP contribution < -0.4 is 5.43 Å². The number of nitrogens with zero attached hydrogens (tertiary/aromatic N) is 2. The van der Waals surface area contributed by atoms with Gasteiger partial charge in [-0.05, 0) is 47.2 Å². The number of sulfonamides is 2. The second-order valence-electron chi connectivity index (χ2n) is 7.47. The zero-order chi connectivity index (χ0) is 23.9. The Balaban J connectivity index is 1.64. The van der Waals surface area contributed by atoms with Crippen LogP contribution in [-0.4, -0.2) is 33.0 Å². The number of fused-ring (bicyclic) bond motifs is 2. The van der Waals surface area contributed by atoms with Crippen molar-refractivity contribution in [3.05, 3.63) is 108 Å². The first-order chi connectivity index (χ1) is 16.3. The van der Waals surface area contributed by atoms with E-state index in [0.717, 1.165) is 5.39 Å². The Bertz CT molecular complexity index is 1680. The van der Waals surface area contributed by atoms with Crippen molar-refractivity contribution >= 4 is 42.6 Å². The van der Waals surface area contributed by atoms with Crippen LogP contribution in [0.5, 0.6) is 0 Å². The molecule has 0 bridgehead atoms. The Morgan fingerprint density at radius 3 is 2.21 bits per heavy atom. The van der Waals surface area contributed by atoms with Crippen LogP contribution in [0.15, 0.2) is 111 Å². The van der Waals surface area contributed by atoms with Crippen molar-refractivity contribution < 1.29 is 21.6 Å². The minimum absolute atomic E-state index is 0.0762. The number of carbonyl (C=O) groups is 1. The molecule has 1 aliphatic rings. The van der Waals surface area contributed by atoms with Crippen LogP contribution in [0.2, 0.25) is 0 Å². The Morgan fingerprint density at radius 2 is 1.44 bits per heavy atom. The molecule has 34 heavy (non-hydrogen) atoms. The molecule has 0 unspecified atom stereocenters. The van der Waals surface area contributed by atoms with Gasteiger partial charge in [-0.3, -0.25) is 10.2 Å². The highest BCUT2D eigenvalue weighted by atomic mass is 32.2. The summed E-state index contributed by atoms with van der Waals surface area (Å²) >= 11 is 0. The van der Waals surface area contributed by atoms with E-state index in [0.29, 0.717) is 9.80 Å². The molecule has 4 aromatic rings. The minimum Gasteiger partial charge on any atom is -0.266 e. The molecule has 0 saturated heterocycles. The van der Waals surface area contributed by atoms with Gasteiger partial charge in [0.25, 0.3) is 26.0 Å². The summed E-state index contributed by atoms with van der Waals surface area (Å²) < 4.78 is 56.4. The van der Waals surface area contributed by atoms with E-state index in [4.69, 9.17) is 0 Å². The molecule has 1 heterocycles. The molecule has 0 spiro atoms. The van der Waals surface area contributed by atoms with Crippen LogP contribution in [0.25, 0.3) is 10.8 Å². The fourth-order valence-corrected chi connectivity index (χ4v) is 6.06. The van der Waals surface area contributed by atoms with Gasteiger partial charge >= 0.3 is 0 Å². The predicted molar refractivity (Wildman–Crippen MR) is 127 cm³/mol. The lowest BCUT2D eigenvalue weighted by atomic mass is 10.1. The van der Waals surface area contributed by atoms with Crippen molar-refractivity contribution in [2.45, 2.75) is 9.79 Å². The van der Waals surface area contributed by atoms with Crippen LogP contribution >= 0.6 is 0 Å². The first kappa shape index (κ1) is 21.8. The molecular formula is C24H17N3O5S2. The molecule has 0 aromatic heterocycles. The Labute approximate surface area is 196 Å². The zero-order valence-corrected chi connectivity index (χ0v) is 19.1. The highest BCUT2D eigenvalue weighted by Crippen LogP contribution is 2.27. The number of carbonyl (C=O) groups excluding carboxylic acids is 1. The predicted octanol–water partition coefficient (Wildman–Crippen LogP) is 3.32. The lowest BCUT2D eigenvalue weighted by molar-refractivity contribution is 0.0838. The van der Waals surface area contributed by atoms with Gasteiger partial charge in [-0.2, -0.15) is 16.8 Å². The number of hydrazine groups is 1. The second-order valence-corrected chi connectivity index (χ2v) is 10.8. The van der Waals surface area contributed by atoms with Crippen LogP contribution in [0.3, 0.4) is 0 Å². The normalized spacial score (nSPS) is 14.3. The molecule has 4 aromatic carbocycles.